The Hall–Kier alpha value is -2.11. The highest BCUT2D eigenvalue weighted by Gasteiger charge is 2.26. The van der Waals surface area contributed by atoms with Gasteiger partial charge in [-0.1, -0.05) is 49.6 Å². The number of hydrogen-bond donors (Lipinski definition) is 0. The molecular formula is C25H34N2O3. The van der Waals surface area contributed by atoms with Crippen LogP contribution in [0, 0.1) is 0 Å². The fourth-order valence-electron chi connectivity index (χ4n) is 4.59. The van der Waals surface area contributed by atoms with Gasteiger partial charge in [0, 0.05) is 19.6 Å². The quantitative estimate of drug-likeness (QED) is 0.637. The Kier molecular flexibility index (Phi) is 7.59. The normalized spacial score (nSPS) is 19.1. The molecular weight excluding hydrogens is 376 g/mol. The van der Waals surface area contributed by atoms with Gasteiger partial charge in [-0.15, -0.1) is 0 Å². The maximum absolute atomic E-state index is 13.2. The zero-order valence-electron chi connectivity index (χ0n) is 17.9. The topological polar surface area (TPSA) is 45.9 Å². The van der Waals surface area contributed by atoms with Crippen molar-refractivity contribution < 1.29 is 13.9 Å². The molecule has 1 saturated heterocycles. The molecule has 1 aliphatic carbocycles. The van der Waals surface area contributed by atoms with Gasteiger partial charge in [0.2, 0.25) is 5.91 Å². The highest BCUT2D eigenvalue weighted by atomic mass is 16.5. The summed E-state index contributed by atoms with van der Waals surface area (Å²) in [5.74, 6) is 0.973. The number of carbonyl (C=O) groups excluding carboxylic acids is 1. The number of ether oxygens (including phenoxy) is 1. The summed E-state index contributed by atoms with van der Waals surface area (Å²) in [6, 6.07) is 14.0. The van der Waals surface area contributed by atoms with Crippen LogP contribution in [0.1, 0.15) is 56.3 Å². The van der Waals surface area contributed by atoms with Gasteiger partial charge in [-0.2, -0.15) is 0 Å². The second-order valence-electron chi connectivity index (χ2n) is 8.69. The number of rotatable bonds is 8. The molecule has 2 heterocycles. The van der Waals surface area contributed by atoms with Crippen LogP contribution in [0.15, 0.2) is 53.1 Å². The summed E-state index contributed by atoms with van der Waals surface area (Å²) in [5, 5.41) is 0. The number of likely N-dealkylation sites (tertiary alicyclic amines) is 1. The van der Waals surface area contributed by atoms with Crippen molar-refractivity contribution in [3.63, 3.8) is 0 Å². The molecule has 0 radical (unpaired) electrons. The Morgan fingerprint density at radius 1 is 0.933 bits per heavy atom. The molecule has 2 aliphatic rings. The summed E-state index contributed by atoms with van der Waals surface area (Å²) in [6.07, 6.45) is 11.0. The third kappa shape index (κ3) is 6.19. The number of hydrogen-bond acceptors (Lipinski definition) is 4. The average Bonchev–Trinajstić information content (AvgIpc) is 3.29. The third-order valence-corrected chi connectivity index (χ3v) is 6.33. The Balaban J connectivity index is 1.28. The maximum Gasteiger partial charge on any atom is 0.237 e. The lowest BCUT2D eigenvalue weighted by molar-refractivity contribution is -0.135. The molecule has 1 aromatic carbocycles. The van der Waals surface area contributed by atoms with E-state index < -0.39 is 0 Å². The van der Waals surface area contributed by atoms with Crippen molar-refractivity contribution in [2.75, 3.05) is 19.6 Å². The zero-order valence-corrected chi connectivity index (χ0v) is 17.9. The molecule has 2 fully saturated rings. The van der Waals surface area contributed by atoms with Gasteiger partial charge >= 0.3 is 0 Å². The van der Waals surface area contributed by atoms with E-state index in [4.69, 9.17) is 9.15 Å². The van der Waals surface area contributed by atoms with E-state index in [1.54, 1.807) is 6.26 Å². The van der Waals surface area contributed by atoms with Gasteiger partial charge < -0.3 is 14.1 Å². The van der Waals surface area contributed by atoms with Gasteiger partial charge in [0.15, 0.2) is 0 Å². The second kappa shape index (κ2) is 10.8. The SMILES string of the molecule is O=C(CN1CCC(OC2CCCCC2)CC1)N(Cc1ccccc1)Cc1ccco1. The Labute approximate surface area is 180 Å². The highest BCUT2D eigenvalue weighted by molar-refractivity contribution is 5.78. The lowest BCUT2D eigenvalue weighted by Crippen LogP contribution is -2.44. The van der Waals surface area contributed by atoms with Crippen molar-refractivity contribution in [3.05, 3.63) is 60.1 Å². The molecule has 0 N–H and O–H groups in total. The molecule has 1 amide bonds. The number of benzene rings is 1. The van der Waals surface area contributed by atoms with Crippen molar-refractivity contribution in [1.82, 2.24) is 9.80 Å². The van der Waals surface area contributed by atoms with Crippen LogP contribution in [0.5, 0.6) is 0 Å². The third-order valence-electron chi connectivity index (χ3n) is 6.33. The standard InChI is InChI=1S/C25H34N2O3/c28-25(20-26-15-13-23(14-16-26)30-22-10-5-2-6-11-22)27(19-24-12-7-17-29-24)18-21-8-3-1-4-9-21/h1,3-4,7-9,12,17,22-23H,2,5-6,10-11,13-16,18-20H2. The molecule has 5 heteroatoms. The Morgan fingerprint density at radius 2 is 1.67 bits per heavy atom. The van der Waals surface area contributed by atoms with E-state index in [2.05, 4.69) is 17.0 Å². The first-order valence-electron chi connectivity index (χ1n) is 11.5. The lowest BCUT2D eigenvalue weighted by Gasteiger charge is -2.35. The Morgan fingerprint density at radius 3 is 2.37 bits per heavy atom. The van der Waals surface area contributed by atoms with E-state index in [0.717, 1.165) is 37.3 Å². The van der Waals surface area contributed by atoms with Crippen LogP contribution in [0.4, 0.5) is 0 Å². The molecule has 1 saturated carbocycles. The summed E-state index contributed by atoms with van der Waals surface area (Å²) >= 11 is 0. The van der Waals surface area contributed by atoms with E-state index in [0.29, 0.717) is 31.8 Å². The molecule has 1 aromatic heterocycles. The van der Waals surface area contributed by atoms with E-state index in [-0.39, 0.29) is 5.91 Å². The van der Waals surface area contributed by atoms with Crippen molar-refractivity contribution >= 4 is 5.91 Å². The molecule has 0 spiro atoms. The van der Waals surface area contributed by atoms with Crippen molar-refractivity contribution in [1.29, 1.82) is 0 Å². The zero-order chi connectivity index (χ0) is 20.6. The lowest BCUT2D eigenvalue weighted by atomic mass is 9.97. The minimum atomic E-state index is 0.155. The molecule has 4 rings (SSSR count). The minimum Gasteiger partial charge on any atom is -0.467 e. The van der Waals surface area contributed by atoms with E-state index in [9.17, 15) is 4.79 Å². The van der Waals surface area contributed by atoms with Gasteiger partial charge in [-0.05, 0) is 43.4 Å². The maximum atomic E-state index is 13.2. The van der Waals surface area contributed by atoms with Crippen LogP contribution in [-0.2, 0) is 22.6 Å². The predicted octanol–water partition coefficient (Wildman–Crippen LogP) is 4.62. The van der Waals surface area contributed by atoms with E-state index in [1.165, 1.54) is 32.1 Å². The molecule has 0 atom stereocenters. The van der Waals surface area contributed by atoms with Crippen LogP contribution in [0.25, 0.3) is 0 Å². The summed E-state index contributed by atoms with van der Waals surface area (Å²) < 4.78 is 11.9. The summed E-state index contributed by atoms with van der Waals surface area (Å²) in [7, 11) is 0. The fourth-order valence-corrected chi connectivity index (χ4v) is 4.59. The number of nitrogens with zero attached hydrogens (tertiary/aromatic N) is 2. The van der Waals surface area contributed by atoms with Crippen LogP contribution in [0.2, 0.25) is 0 Å². The van der Waals surface area contributed by atoms with Crippen molar-refractivity contribution in [2.45, 2.75) is 70.2 Å². The molecule has 1 aliphatic heterocycles. The van der Waals surface area contributed by atoms with Gasteiger partial charge in [-0.3, -0.25) is 9.69 Å². The summed E-state index contributed by atoms with van der Waals surface area (Å²) in [6.45, 7) is 3.43. The van der Waals surface area contributed by atoms with Crippen LogP contribution in [0.3, 0.4) is 0 Å². The molecule has 162 valence electrons. The molecule has 2 aromatic rings. The minimum absolute atomic E-state index is 0.155. The molecule has 30 heavy (non-hydrogen) atoms. The number of amides is 1. The summed E-state index contributed by atoms with van der Waals surface area (Å²) in [4.78, 5) is 17.3. The Bertz CT molecular complexity index is 748. The number of piperidine rings is 1. The van der Waals surface area contributed by atoms with Gasteiger partial charge in [0.25, 0.3) is 0 Å². The fraction of sp³-hybridized carbons (Fsp3) is 0.560. The van der Waals surface area contributed by atoms with Crippen molar-refractivity contribution in [3.8, 4) is 0 Å². The van der Waals surface area contributed by atoms with Gasteiger partial charge in [0.1, 0.15) is 5.76 Å². The number of furan rings is 1. The largest absolute Gasteiger partial charge is 0.467 e. The van der Waals surface area contributed by atoms with E-state index >= 15 is 0 Å². The van der Waals surface area contributed by atoms with Gasteiger partial charge in [-0.25, -0.2) is 0 Å². The second-order valence-corrected chi connectivity index (χ2v) is 8.69. The van der Waals surface area contributed by atoms with Crippen LogP contribution in [-0.4, -0.2) is 47.5 Å². The van der Waals surface area contributed by atoms with Crippen LogP contribution >= 0.6 is 0 Å². The van der Waals surface area contributed by atoms with Gasteiger partial charge in [0.05, 0.1) is 31.6 Å². The summed E-state index contributed by atoms with van der Waals surface area (Å²) in [5.41, 5.74) is 1.14. The highest BCUT2D eigenvalue weighted by Crippen LogP contribution is 2.24. The predicted molar refractivity (Wildman–Crippen MR) is 117 cm³/mol. The van der Waals surface area contributed by atoms with Crippen molar-refractivity contribution in [2.24, 2.45) is 0 Å². The smallest absolute Gasteiger partial charge is 0.237 e. The monoisotopic (exact) mass is 410 g/mol. The molecule has 5 nitrogen and oxygen atoms in total. The first-order valence-corrected chi connectivity index (χ1v) is 11.5. The molecule has 0 unspecified atom stereocenters. The van der Waals surface area contributed by atoms with Crippen LogP contribution < -0.4 is 0 Å². The number of carbonyl (C=O) groups is 1. The van der Waals surface area contributed by atoms with E-state index in [1.807, 2.05) is 35.2 Å². The first kappa shape index (κ1) is 21.1. The molecule has 0 bridgehead atoms. The average molecular weight is 411 g/mol. The first-order chi connectivity index (χ1) is 14.8.